The summed E-state index contributed by atoms with van der Waals surface area (Å²) in [5.41, 5.74) is 5.19. The molecule has 10 nitrogen and oxygen atoms in total. The molecule has 0 rings (SSSR count). The van der Waals surface area contributed by atoms with Gasteiger partial charge in [-0.1, -0.05) is 0 Å². The number of rotatable bonds is 10. The van der Waals surface area contributed by atoms with Crippen molar-refractivity contribution in [1.29, 1.82) is 0 Å². The molecule has 0 heterocycles. The predicted molar refractivity (Wildman–Crippen MR) is 55.2 cm³/mol. The number of nitrogens with zero attached hydrogens (tertiary/aromatic N) is 1. The summed E-state index contributed by atoms with van der Waals surface area (Å²) >= 11 is 0. The molecule has 0 fully saturated rings. The molecular formula is C10H13N2Na3O8. The molecule has 2 atom stereocenters. The summed E-state index contributed by atoms with van der Waals surface area (Å²) in [6, 6.07) is -3.73. The SMILES string of the molecule is NCCN(C(CC(=O)[O-])C(=O)[O-])C(CC(=O)O)C(=O)[O-].[Na+].[Na+].[Na+]. The number of carboxylic acid groups (broad SMARTS) is 4. The first-order valence-corrected chi connectivity index (χ1v) is 5.49. The van der Waals surface area contributed by atoms with Crippen molar-refractivity contribution in [3.05, 3.63) is 0 Å². The van der Waals surface area contributed by atoms with Crippen LogP contribution in [0.3, 0.4) is 0 Å². The van der Waals surface area contributed by atoms with E-state index in [9.17, 15) is 34.5 Å². The number of carbonyl (C=O) groups excluding carboxylic acids is 3. The van der Waals surface area contributed by atoms with Gasteiger partial charge in [0.15, 0.2) is 0 Å². The largest absolute Gasteiger partial charge is 1.00 e. The van der Waals surface area contributed by atoms with Crippen LogP contribution >= 0.6 is 0 Å². The van der Waals surface area contributed by atoms with Gasteiger partial charge in [0.1, 0.15) is 0 Å². The van der Waals surface area contributed by atoms with Crippen LogP contribution < -0.4 is 110 Å². The molecule has 0 radical (unpaired) electrons. The molecule has 0 amide bonds. The fraction of sp³-hybridized carbons (Fsp3) is 0.600. The van der Waals surface area contributed by atoms with Crippen LogP contribution in [0, 0.1) is 0 Å². The van der Waals surface area contributed by atoms with Gasteiger partial charge in [0.25, 0.3) is 0 Å². The van der Waals surface area contributed by atoms with E-state index in [0.29, 0.717) is 4.90 Å². The van der Waals surface area contributed by atoms with Crippen LogP contribution in [0.4, 0.5) is 0 Å². The molecule has 0 aromatic heterocycles. The smallest absolute Gasteiger partial charge is 0.550 e. The molecule has 0 aromatic carbocycles. The zero-order valence-electron chi connectivity index (χ0n) is 13.3. The summed E-state index contributed by atoms with van der Waals surface area (Å²) in [7, 11) is 0. The van der Waals surface area contributed by atoms with Gasteiger partial charge in [-0.25, -0.2) is 0 Å². The minimum absolute atomic E-state index is 0. The van der Waals surface area contributed by atoms with Gasteiger partial charge in [-0.3, -0.25) is 9.69 Å². The zero-order chi connectivity index (χ0) is 15.9. The molecule has 0 aliphatic carbocycles. The number of hydrogen-bond acceptors (Lipinski definition) is 9. The van der Waals surface area contributed by atoms with Crippen molar-refractivity contribution < 1.29 is 128 Å². The van der Waals surface area contributed by atoms with Gasteiger partial charge in [0.05, 0.1) is 30.4 Å². The Balaban J connectivity index is -0.000000602. The van der Waals surface area contributed by atoms with E-state index < -0.39 is 48.8 Å². The van der Waals surface area contributed by atoms with Crippen molar-refractivity contribution in [3.8, 4) is 0 Å². The second-order valence-electron chi connectivity index (χ2n) is 3.87. The average Bonchev–Trinajstić information content (AvgIpc) is 2.29. The maximum Gasteiger partial charge on any atom is 1.00 e. The topological polar surface area (TPSA) is 187 Å². The normalized spacial score (nSPS) is 11.9. The van der Waals surface area contributed by atoms with E-state index in [-0.39, 0.29) is 102 Å². The summed E-state index contributed by atoms with van der Waals surface area (Å²) in [6.07, 6.45) is -2.04. The first kappa shape index (κ1) is 31.6. The van der Waals surface area contributed by atoms with Crippen LogP contribution in [0.25, 0.3) is 0 Å². The molecule has 3 N–H and O–H groups in total. The number of carboxylic acids is 4. The Morgan fingerprint density at radius 3 is 1.57 bits per heavy atom. The first-order valence-electron chi connectivity index (χ1n) is 5.49. The van der Waals surface area contributed by atoms with E-state index in [2.05, 4.69) is 0 Å². The van der Waals surface area contributed by atoms with Gasteiger partial charge >= 0.3 is 94.6 Å². The van der Waals surface area contributed by atoms with E-state index in [0.717, 1.165) is 0 Å². The van der Waals surface area contributed by atoms with Gasteiger partial charge < -0.3 is 40.5 Å². The molecule has 2 unspecified atom stereocenters. The summed E-state index contributed by atoms with van der Waals surface area (Å²) in [5, 5.41) is 41.0. The van der Waals surface area contributed by atoms with E-state index in [1.807, 2.05) is 0 Å². The van der Waals surface area contributed by atoms with Crippen molar-refractivity contribution in [2.24, 2.45) is 5.73 Å². The summed E-state index contributed by atoms with van der Waals surface area (Å²) in [4.78, 5) is 43.5. The van der Waals surface area contributed by atoms with Crippen molar-refractivity contribution in [2.45, 2.75) is 24.9 Å². The minimum Gasteiger partial charge on any atom is -0.550 e. The average molecular weight is 358 g/mol. The second kappa shape index (κ2) is 16.3. The molecule has 114 valence electrons. The Morgan fingerprint density at radius 1 is 0.913 bits per heavy atom. The third kappa shape index (κ3) is 12.8. The third-order valence-corrected chi connectivity index (χ3v) is 2.46. The van der Waals surface area contributed by atoms with Crippen LogP contribution in [0.5, 0.6) is 0 Å². The van der Waals surface area contributed by atoms with Gasteiger partial charge in [-0.15, -0.1) is 0 Å². The standard InChI is InChI=1S/C10H16N2O8.3Na/c11-1-2-12(5(9(17)18)3-7(13)14)6(10(19)20)4-8(15)16;;;/h5-6H,1-4,11H2,(H,13,14)(H,15,16)(H,17,18)(H,19,20);;;/q;3*+1/p-3. The van der Waals surface area contributed by atoms with Gasteiger partial charge in [0.2, 0.25) is 0 Å². The summed E-state index contributed by atoms with van der Waals surface area (Å²) < 4.78 is 0. The van der Waals surface area contributed by atoms with E-state index >= 15 is 0 Å². The van der Waals surface area contributed by atoms with Crippen molar-refractivity contribution in [1.82, 2.24) is 4.90 Å². The summed E-state index contributed by atoms with van der Waals surface area (Å²) in [5.74, 6) is -7.01. The quantitative estimate of drug-likeness (QED) is 0.355. The van der Waals surface area contributed by atoms with Crippen LogP contribution in [-0.4, -0.2) is 59.1 Å². The van der Waals surface area contributed by atoms with Crippen LogP contribution in [-0.2, 0) is 19.2 Å². The van der Waals surface area contributed by atoms with Gasteiger partial charge in [-0.2, -0.15) is 0 Å². The Hall–Kier alpha value is 0.800. The van der Waals surface area contributed by atoms with E-state index in [1.54, 1.807) is 0 Å². The molecule has 0 bridgehead atoms. The Labute approximate surface area is 198 Å². The first-order chi connectivity index (χ1) is 9.20. The van der Waals surface area contributed by atoms with Gasteiger partial charge in [-0.05, 0) is 0 Å². The van der Waals surface area contributed by atoms with Crippen LogP contribution in [0.15, 0.2) is 0 Å². The van der Waals surface area contributed by atoms with Crippen molar-refractivity contribution >= 4 is 23.9 Å². The number of nitrogens with two attached hydrogens (primary N) is 1. The maximum absolute atomic E-state index is 10.9. The molecule has 0 aliphatic heterocycles. The Bertz CT molecular complexity index is 376. The van der Waals surface area contributed by atoms with E-state index in [4.69, 9.17) is 10.8 Å². The predicted octanol–water partition coefficient (Wildman–Crippen LogP) is -14.9. The number of carbonyl (C=O) groups is 4. The fourth-order valence-electron chi connectivity index (χ4n) is 1.67. The van der Waals surface area contributed by atoms with Gasteiger partial charge in [0, 0.05) is 25.5 Å². The molecule has 0 aliphatic rings. The van der Waals surface area contributed by atoms with Crippen LogP contribution in [0.1, 0.15) is 12.8 Å². The fourth-order valence-corrected chi connectivity index (χ4v) is 1.67. The molecule has 0 saturated heterocycles. The van der Waals surface area contributed by atoms with Crippen molar-refractivity contribution in [2.75, 3.05) is 13.1 Å². The number of hydrogen-bond donors (Lipinski definition) is 2. The summed E-state index contributed by atoms with van der Waals surface area (Å²) in [6.45, 7) is -0.585. The monoisotopic (exact) mass is 358 g/mol. The molecule has 0 saturated carbocycles. The van der Waals surface area contributed by atoms with Crippen molar-refractivity contribution in [3.63, 3.8) is 0 Å². The molecule has 23 heavy (non-hydrogen) atoms. The van der Waals surface area contributed by atoms with E-state index in [1.165, 1.54) is 0 Å². The Kier molecular flexibility index (Phi) is 22.3. The molecular weight excluding hydrogens is 345 g/mol. The zero-order valence-corrected chi connectivity index (χ0v) is 19.3. The maximum atomic E-state index is 10.9. The molecule has 0 spiro atoms. The van der Waals surface area contributed by atoms with Crippen LogP contribution in [0.2, 0.25) is 0 Å². The number of aliphatic carboxylic acids is 4. The second-order valence-corrected chi connectivity index (χ2v) is 3.87. The molecule has 13 heteroatoms. The molecule has 0 aromatic rings. The Morgan fingerprint density at radius 2 is 1.30 bits per heavy atom. The third-order valence-electron chi connectivity index (χ3n) is 2.46. The minimum atomic E-state index is -1.88.